The number of esters is 1. The van der Waals surface area contributed by atoms with Gasteiger partial charge >= 0.3 is 5.97 Å². The highest BCUT2D eigenvalue weighted by atomic mass is 16.5. The molecule has 0 aromatic rings. The summed E-state index contributed by atoms with van der Waals surface area (Å²) >= 11 is 0. The summed E-state index contributed by atoms with van der Waals surface area (Å²) in [4.78, 5) is 11.6. The van der Waals surface area contributed by atoms with Gasteiger partial charge in [-0.2, -0.15) is 0 Å². The number of aliphatic hydroxyl groups is 2. The Kier molecular flexibility index (Phi) is 5.83. The molecule has 0 amide bonds. The van der Waals surface area contributed by atoms with Gasteiger partial charge in [-0.3, -0.25) is 4.79 Å². The molecule has 29 heavy (non-hydrogen) atoms. The van der Waals surface area contributed by atoms with Gasteiger partial charge in [-0.25, -0.2) is 0 Å². The van der Waals surface area contributed by atoms with Crippen LogP contribution < -0.4 is 0 Å². The van der Waals surface area contributed by atoms with E-state index in [1.807, 2.05) is 0 Å². The molecule has 0 aromatic heterocycles. The van der Waals surface area contributed by atoms with Crippen LogP contribution in [0.4, 0.5) is 0 Å². The van der Waals surface area contributed by atoms with Gasteiger partial charge in [0.2, 0.25) is 0 Å². The minimum atomic E-state index is -0.246. The zero-order valence-corrected chi connectivity index (χ0v) is 18.9. The molecule has 0 bridgehead atoms. The number of carbonyl (C=O) groups is 1. The Morgan fingerprint density at radius 2 is 1.83 bits per heavy atom. The molecule has 4 aliphatic rings. The molecule has 0 radical (unpaired) electrons. The Morgan fingerprint density at radius 3 is 2.55 bits per heavy atom. The number of methoxy groups -OCH3 is 1. The fraction of sp³-hybridized carbons (Fsp3) is 0.960. The minimum absolute atomic E-state index is 0.0198. The summed E-state index contributed by atoms with van der Waals surface area (Å²) in [6, 6.07) is 0. The molecule has 0 heterocycles. The van der Waals surface area contributed by atoms with Crippen molar-refractivity contribution >= 4 is 5.97 Å². The number of rotatable bonds is 4. The first kappa shape index (κ1) is 21.6. The van der Waals surface area contributed by atoms with Crippen LogP contribution in [0.15, 0.2) is 0 Å². The van der Waals surface area contributed by atoms with E-state index in [1.54, 1.807) is 0 Å². The molecule has 10 atom stereocenters. The molecule has 4 nitrogen and oxygen atoms in total. The summed E-state index contributed by atoms with van der Waals surface area (Å²) in [5.41, 5.74) is 0.271. The van der Waals surface area contributed by atoms with E-state index in [-0.39, 0.29) is 23.6 Å². The van der Waals surface area contributed by atoms with E-state index in [1.165, 1.54) is 32.8 Å². The Morgan fingerprint density at radius 1 is 1.07 bits per heavy atom. The lowest BCUT2D eigenvalue weighted by Crippen LogP contribution is -2.58. The summed E-state index contributed by atoms with van der Waals surface area (Å²) in [6.07, 6.45) is 9.86. The molecule has 2 N–H and O–H groups in total. The topological polar surface area (TPSA) is 66.8 Å². The third-order valence-corrected chi connectivity index (χ3v) is 10.5. The maximum absolute atomic E-state index is 11.6. The second-order valence-electron chi connectivity index (χ2n) is 11.5. The SMILES string of the molecule is COC(=O)CC[C@@H](C)[C@@H]1CC[C@H]2[C@@H]3CC[C@H]4C[C@@H](O)CC[C@]4(C)[C@H]3C[C@@H](O)[C@@]21C. The van der Waals surface area contributed by atoms with Gasteiger partial charge in [0.1, 0.15) is 0 Å². The molecule has 0 aliphatic heterocycles. The third kappa shape index (κ3) is 3.37. The molecule has 0 spiro atoms. The average molecular weight is 407 g/mol. The van der Waals surface area contributed by atoms with E-state index < -0.39 is 0 Å². The largest absolute Gasteiger partial charge is 0.469 e. The monoisotopic (exact) mass is 406 g/mol. The van der Waals surface area contributed by atoms with Crippen LogP contribution in [0.5, 0.6) is 0 Å². The highest BCUT2D eigenvalue weighted by Crippen LogP contribution is 2.68. The molecule has 0 unspecified atom stereocenters. The molecule has 0 aromatic carbocycles. The predicted molar refractivity (Wildman–Crippen MR) is 113 cm³/mol. The molecular weight excluding hydrogens is 364 g/mol. The average Bonchev–Trinajstić information content (AvgIpc) is 3.06. The van der Waals surface area contributed by atoms with Crippen LogP contribution in [-0.4, -0.2) is 35.5 Å². The normalized spacial score (nSPS) is 50.2. The van der Waals surface area contributed by atoms with Gasteiger partial charge in [0.05, 0.1) is 19.3 Å². The highest BCUT2D eigenvalue weighted by molar-refractivity contribution is 5.69. The van der Waals surface area contributed by atoms with Crippen molar-refractivity contribution in [2.75, 3.05) is 7.11 Å². The van der Waals surface area contributed by atoms with Crippen LogP contribution in [0.3, 0.4) is 0 Å². The van der Waals surface area contributed by atoms with Crippen molar-refractivity contribution in [2.45, 2.75) is 97.2 Å². The van der Waals surface area contributed by atoms with Crippen molar-refractivity contribution in [3.8, 4) is 0 Å². The third-order valence-electron chi connectivity index (χ3n) is 10.5. The zero-order valence-electron chi connectivity index (χ0n) is 18.9. The van der Waals surface area contributed by atoms with Gasteiger partial charge in [0.25, 0.3) is 0 Å². The number of carbonyl (C=O) groups excluding carboxylic acids is 1. The van der Waals surface area contributed by atoms with Crippen molar-refractivity contribution in [2.24, 2.45) is 46.3 Å². The van der Waals surface area contributed by atoms with Gasteiger partial charge in [-0.15, -0.1) is 0 Å². The Hall–Kier alpha value is -0.610. The second-order valence-corrected chi connectivity index (χ2v) is 11.5. The zero-order chi connectivity index (χ0) is 21.0. The summed E-state index contributed by atoms with van der Waals surface area (Å²) in [5.74, 6) is 3.36. The standard InChI is InChI=1S/C25H42O4/c1-15(5-10-23(28)29-4)19-8-9-20-18-7-6-16-13-17(26)11-12-24(16,2)21(18)14-22(27)25(19,20)3/h15-22,26-27H,5-14H2,1-4H3/t15-,16+,17+,18+,19+,20+,21+,22-,24+,25-/m1/s1. The quantitative estimate of drug-likeness (QED) is 0.671. The fourth-order valence-corrected chi connectivity index (χ4v) is 8.81. The molecule has 4 heteroatoms. The van der Waals surface area contributed by atoms with Crippen molar-refractivity contribution in [1.29, 1.82) is 0 Å². The summed E-state index contributed by atoms with van der Waals surface area (Å²) in [5, 5.41) is 21.8. The highest BCUT2D eigenvalue weighted by Gasteiger charge is 2.63. The maximum Gasteiger partial charge on any atom is 0.305 e. The number of hydrogen-bond donors (Lipinski definition) is 2. The van der Waals surface area contributed by atoms with Crippen molar-refractivity contribution in [3.05, 3.63) is 0 Å². The van der Waals surface area contributed by atoms with Crippen molar-refractivity contribution < 1.29 is 19.7 Å². The fourth-order valence-electron chi connectivity index (χ4n) is 8.81. The van der Waals surface area contributed by atoms with Crippen molar-refractivity contribution in [3.63, 3.8) is 0 Å². The number of hydrogen-bond acceptors (Lipinski definition) is 4. The van der Waals surface area contributed by atoms with E-state index in [4.69, 9.17) is 4.74 Å². The minimum Gasteiger partial charge on any atom is -0.469 e. The lowest BCUT2D eigenvalue weighted by atomic mass is 9.43. The molecule has 4 aliphatic carbocycles. The molecule has 4 saturated carbocycles. The summed E-state index contributed by atoms with van der Waals surface area (Å²) < 4.78 is 4.85. The van der Waals surface area contributed by atoms with E-state index in [2.05, 4.69) is 20.8 Å². The van der Waals surface area contributed by atoms with Gasteiger partial charge in [-0.05, 0) is 104 Å². The van der Waals surface area contributed by atoms with Crippen LogP contribution >= 0.6 is 0 Å². The summed E-state index contributed by atoms with van der Waals surface area (Å²) in [7, 11) is 1.46. The lowest BCUT2D eigenvalue weighted by Gasteiger charge is -2.62. The van der Waals surface area contributed by atoms with Gasteiger partial charge in [0, 0.05) is 6.42 Å². The maximum atomic E-state index is 11.6. The molecule has 4 fully saturated rings. The Balaban J connectivity index is 1.53. The van der Waals surface area contributed by atoms with E-state index in [0.717, 1.165) is 38.0 Å². The van der Waals surface area contributed by atoms with Gasteiger partial charge in [-0.1, -0.05) is 20.8 Å². The van der Waals surface area contributed by atoms with Crippen LogP contribution in [0.1, 0.15) is 85.0 Å². The van der Waals surface area contributed by atoms with Crippen LogP contribution in [0.2, 0.25) is 0 Å². The first-order valence-corrected chi connectivity index (χ1v) is 12.1. The number of aliphatic hydroxyl groups excluding tert-OH is 2. The van der Waals surface area contributed by atoms with Crippen LogP contribution in [0, 0.1) is 46.3 Å². The lowest BCUT2D eigenvalue weighted by molar-refractivity contribution is -0.175. The molecular formula is C25H42O4. The van der Waals surface area contributed by atoms with Gasteiger partial charge in [0.15, 0.2) is 0 Å². The van der Waals surface area contributed by atoms with E-state index in [9.17, 15) is 15.0 Å². The smallest absolute Gasteiger partial charge is 0.305 e. The van der Waals surface area contributed by atoms with Crippen LogP contribution in [-0.2, 0) is 9.53 Å². The Labute approximate surface area is 176 Å². The molecule has 166 valence electrons. The molecule has 0 saturated heterocycles. The van der Waals surface area contributed by atoms with Crippen LogP contribution in [0.25, 0.3) is 0 Å². The first-order chi connectivity index (χ1) is 13.7. The van der Waals surface area contributed by atoms with E-state index >= 15 is 0 Å². The summed E-state index contributed by atoms with van der Waals surface area (Å²) in [6.45, 7) is 7.12. The molecule has 4 rings (SSSR count). The van der Waals surface area contributed by atoms with Gasteiger partial charge < -0.3 is 14.9 Å². The van der Waals surface area contributed by atoms with E-state index in [0.29, 0.717) is 41.4 Å². The number of fused-ring (bicyclic) bond motifs is 5. The Bertz CT molecular complexity index is 620. The van der Waals surface area contributed by atoms with Crippen molar-refractivity contribution in [1.82, 2.24) is 0 Å². The second kappa shape index (κ2) is 7.82. The number of ether oxygens (including phenoxy) is 1. The predicted octanol–water partition coefficient (Wildman–Crippen LogP) is 4.57. The first-order valence-electron chi connectivity index (χ1n) is 12.1.